The second kappa shape index (κ2) is 10.5. The van der Waals surface area contributed by atoms with E-state index in [0.717, 1.165) is 36.2 Å². The van der Waals surface area contributed by atoms with Crippen LogP contribution in [0.1, 0.15) is 12.8 Å². The van der Waals surface area contributed by atoms with Gasteiger partial charge in [-0.25, -0.2) is 13.1 Å². The van der Waals surface area contributed by atoms with E-state index < -0.39 is 10.0 Å². The number of nitrogens with zero attached hydrogens (tertiary/aromatic N) is 4. The number of amides is 1. The minimum Gasteiger partial charge on any atom is -0.342 e. The van der Waals surface area contributed by atoms with Crippen LogP contribution in [0.2, 0.25) is 0 Å². The lowest BCUT2D eigenvalue weighted by atomic mass is 9.98. The highest BCUT2D eigenvalue weighted by molar-refractivity contribution is 7.99. The third-order valence-electron chi connectivity index (χ3n) is 5.51. The molecule has 1 atom stereocenters. The van der Waals surface area contributed by atoms with E-state index in [1.807, 2.05) is 70.1 Å². The molecular formula is C23H27N5O3S2. The molecule has 1 aliphatic heterocycles. The van der Waals surface area contributed by atoms with Gasteiger partial charge >= 0.3 is 0 Å². The molecule has 10 heteroatoms. The lowest BCUT2D eigenvalue weighted by Gasteiger charge is -2.32. The topological polar surface area (TPSA) is 97.2 Å². The number of piperidine rings is 1. The first-order chi connectivity index (χ1) is 15.9. The number of hydrogen-bond donors (Lipinski definition) is 1. The normalized spacial score (nSPS) is 16.6. The number of nitrogens with one attached hydrogen (secondary N) is 1. The van der Waals surface area contributed by atoms with Crippen molar-refractivity contribution >= 4 is 27.7 Å². The Kier molecular flexibility index (Phi) is 7.46. The summed E-state index contributed by atoms with van der Waals surface area (Å²) in [7, 11) is -3.23. The molecule has 1 aromatic heterocycles. The minimum atomic E-state index is -3.23. The van der Waals surface area contributed by atoms with E-state index in [9.17, 15) is 13.2 Å². The van der Waals surface area contributed by atoms with Crippen molar-refractivity contribution in [3.63, 3.8) is 0 Å². The van der Waals surface area contributed by atoms with Gasteiger partial charge in [0.2, 0.25) is 15.9 Å². The zero-order valence-electron chi connectivity index (χ0n) is 18.4. The Morgan fingerprint density at radius 3 is 2.48 bits per heavy atom. The summed E-state index contributed by atoms with van der Waals surface area (Å²) in [4.78, 5) is 14.8. The smallest absolute Gasteiger partial charge is 0.233 e. The number of likely N-dealkylation sites (tertiary alicyclic amines) is 1. The van der Waals surface area contributed by atoms with Crippen LogP contribution < -0.4 is 4.72 Å². The van der Waals surface area contributed by atoms with Crippen LogP contribution >= 0.6 is 11.8 Å². The first kappa shape index (κ1) is 23.5. The summed E-state index contributed by atoms with van der Waals surface area (Å²) >= 11 is 1.36. The lowest BCUT2D eigenvalue weighted by Crippen LogP contribution is -2.44. The van der Waals surface area contributed by atoms with Gasteiger partial charge in [0, 0.05) is 30.9 Å². The van der Waals surface area contributed by atoms with Crippen LogP contribution in [0.4, 0.5) is 0 Å². The first-order valence-electron chi connectivity index (χ1n) is 10.8. The maximum absolute atomic E-state index is 13.0. The number of para-hydroxylation sites is 1. The molecule has 2 aromatic carbocycles. The summed E-state index contributed by atoms with van der Waals surface area (Å²) in [5.41, 5.74) is 1.88. The third kappa shape index (κ3) is 6.21. The van der Waals surface area contributed by atoms with Gasteiger partial charge in [0.05, 0.1) is 12.0 Å². The zero-order chi connectivity index (χ0) is 23.3. The predicted octanol–water partition coefficient (Wildman–Crippen LogP) is 2.81. The maximum Gasteiger partial charge on any atom is 0.233 e. The van der Waals surface area contributed by atoms with E-state index in [2.05, 4.69) is 14.9 Å². The molecule has 1 saturated heterocycles. The van der Waals surface area contributed by atoms with E-state index in [0.29, 0.717) is 24.8 Å². The first-order valence-corrected chi connectivity index (χ1v) is 13.7. The van der Waals surface area contributed by atoms with Crippen molar-refractivity contribution in [1.29, 1.82) is 0 Å². The highest BCUT2D eigenvalue weighted by Crippen LogP contribution is 2.28. The van der Waals surface area contributed by atoms with E-state index in [-0.39, 0.29) is 17.6 Å². The molecule has 0 saturated carbocycles. The van der Waals surface area contributed by atoms with Gasteiger partial charge in [-0.3, -0.25) is 9.36 Å². The molecule has 4 rings (SSSR count). The third-order valence-corrected chi connectivity index (χ3v) is 7.12. The van der Waals surface area contributed by atoms with Crippen molar-refractivity contribution in [3.8, 4) is 17.1 Å². The molecule has 0 bridgehead atoms. The Labute approximate surface area is 198 Å². The quantitative estimate of drug-likeness (QED) is 0.493. The van der Waals surface area contributed by atoms with Gasteiger partial charge in [-0.2, -0.15) is 0 Å². The Morgan fingerprint density at radius 1 is 1.09 bits per heavy atom. The maximum atomic E-state index is 13.0. The number of sulfonamides is 1. The average Bonchev–Trinajstić information content (AvgIpc) is 3.26. The van der Waals surface area contributed by atoms with Gasteiger partial charge in [0.1, 0.15) is 0 Å². The van der Waals surface area contributed by atoms with Crippen LogP contribution in [0.25, 0.3) is 17.1 Å². The average molecular weight is 486 g/mol. The van der Waals surface area contributed by atoms with E-state index >= 15 is 0 Å². The molecule has 0 radical (unpaired) electrons. The monoisotopic (exact) mass is 485 g/mol. The zero-order valence-corrected chi connectivity index (χ0v) is 20.1. The molecule has 2 heterocycles. The Morgan fingerprint density at radius 2 is 1.79 bits per heavy atom. The van der Waals surface area contributed by atoms with Crippen LogP contribution in [0, 0.1) is 5.92 Å². The van der Waals surface area contributed by atoms with Crippen molar-refractivity contribution in [1.82, 2.24) is 24.4 Å². The van der Waals surface area contributed by atoms with E-state index in [1.165, 1.54) is 11.8 Å². The fraction of sp³-hybridized carbons (Fsp3) is 0.348. The molecule has 0 spiro atoms. The molecule has 1 N–H and O–H groups in total. The Bertz CT molecular complexity index is 1180. The highest BCUT2D eigenvalue weighted by Gasteiger charge is 2.25. The van der Waals surface area contributed by atoms with Crippen LogP contribution in [-0.2, 0) is 14.8 Å². The predicted molar refractivity (Wildman–Crippen MR) is 130 cm³/mol. The van der Waals surface area contributed by atoms with Crippen molar-refractivity contribution in [2.75, 3.05) is 31.6 Å². The number of aromatic nitrogens is 3. The number of benzene rings is 2. The summed E-state index contributed by atoms with van der Waals surface area (Å²) in [6, 6.07) is 19.7. The summed E-state index contributed by atoms with van der Waals surface area (Å²) < 4.78 is 27.3. The minimum absolute atomic E-state index is 0.0212. The van der Waals surface area contributed by atoms with Crippen molar-refractivity contribution in [2.45, 2.75) is 18.0 Å². The van der Waals surface area contributed by atoms with Crippen molar-refractivity contribution < 1.29 is 13.2 Å². The number of rotatable bonds is 8. The summed E-state index contributed by atoms with van der Waals surface area (Å²) in [5.74, 6) is 1.11. The molecule has 33 heavy (non-hydrogen) atoms. The molecule has 1 fully saturated rings. The molecule has 174 valence electrons. The fourth-order valence-electron chi connectivity index (χ4n) is 3.89. The van der Waals surface area contributed by atoms with E-state index in [4.69, 9.17) is 0 Å². The van der Waals surface area contributed by atoms with Gasteiger partial charge in [-0.05, 0) is 30.9 Å². The number of carbonyl (C=O) groups excluding carboxylic acids is 1. The number of thioether (sulfide) groups is 1. The van der Waals surface area contributed by atoms with E-state index in [1.54, 1.807) is 0 Å². The molecule has 3 aromatic rings. The molecular weight excluding hydrogens is 458 g/mol. The van der Waals surface area contributed by atoms with Crippen LogP contribution in [-0.4, -0.2) is 65.6 Å². The largest absolute Gasteiger partial charge is 0.342 e. The standard InChI is InChI=1S/C23H27N5O3S2/c1-33(30,31)24-15-18-9-8-14-27(16-18)21(29)17-32-23-26-25-22(19-10-4-2-5-11-19)28(23)20-12-6-3-7-13-20/h2-7,10-13,18,24H,8-9,14-17H2,1H3. The van der Waals surface area contributed by atoms with Crippen LogP contribution in [0.15, 0.2) is 65.8 Å². The van der Waals surface area contributed by atoms with Crippen molar-refractivity contribution in [2.24, 2.45) is 5.92 Å². The van der Waals surface area contributed by atoms with Gasteiger partial charge in [-0.15, -0.1) is 10.2 Å². The molecule has 0 aliphatic carbocycles. The van der Waals surface area contributed by atoms with Gasteiger partial charge in [0.25, 0.3) is 0 Å². The number of hydrogen-bond acceptors (Lipinski definition) is 6. The molecule has 1 amide bonds. The SMILES string of the molecule is CS(=O)(=O)NCC1CCCN(C(=O)CSc2nnc(-c3ccccc3)n2-c2ccccc2)C1. The summed E-state index contributed by atoms with van der Waals surface area (Å²) in [6.07, 6.45) is 2.93. The molecule has 8 nitrogen and oxygen atoms in total. The summed E-state index contributed by atoms with van der Waals surface area (Å²) in [5, 5.41) is 9.45. The van der Waals surface area contributed by atoms with Crippen LogP contribution in [0.5, 0.6) is 0 Å². The molecule has 1 aliphatic rings. The Hall–Kier alpha value is -2.69. The number of carbonyl (C=O) groups is 1. The van der Waals surface area contributed by atoms with Gasteiger partial charge in [0.15, 0.2) is 11.0 Å². The second-order valence-corrected chi connectivity index (χ2v) is 10.9. The lowest BCUT2D eigenvalue weighted by molar-refractivity contribution is -0.130. The van der Waals surface area contributed by atoms with Crippen molar-refractivity contribution in [3.05, 3.63) is 60.7 Å². The second-order valence-electron chi connectivity index (χ2n) is 8.10. The summed E-state index contributed by atoms with van der Waals surface area (Å²) in [6.45, 7) is 1.61. The van der Waals surface area contributed by atoms with Gasteiger partial charge < -0.3 is 4.90 Å². The Balaban J connectivity index is 1.47. The van der Waals surface area contributed by atoms with Crippen LogP contribution in [0.3, 0.4) is 0 Å². The molecule has 1 unspecified atom stereocenters. The van der Waals surface area contributed by atoms with Gasteiger partial charge in [-0.1, -0.05) is 60.3 Å². The fourth-order valence-corrected chi connectivity index (χ4v) is 5.29. The highest BCUT2D eigenvalue weighted by atomic mass is 32.2.